The van der Waals surface area contributed by atoms with Gasteiger partial charge >= 0.3 is 0 Å². The summed E-state index contributed by atoms with van der Waals surface area (Å²) in [6, 6.07) is 16.2. The van der Waals surface area contributed by atoms with E-state index in [9.17, 15) is 0 Å². The van der Waals surface area contributed by atoms with Crippen LogP contribution in [-0.4, -0.2) is 5.75 Å². The third-order valence-corrected chi connectivity index (χ3v) is 3.84. The molecule has 0 saturated carbocycles. The molecule has 2 rings (SSSR count). The van der Waals surface area contributed by atoms with Gasteiger partial charge < -0.3 is 11.5 Å². The number of hydrogen-bond acceptors (Lipinski definition) is 3. The van der Waals surface area contributed by atoms with Gasteiger partial charge in [-0.1, -0.05) is 12.1 Å². The first-order valence-electron chi connectivity index (χ1n) is 6.07. The van der Waals surface area contributed by atoms with E-state index < -0.39 is 0 Å². The van der Waals surface area contributed by atoms with E-state index in [4.69, 9.17) is 11.5 Å². The SMILES string of the molecule is Nc1ccc(CCCSc2ccc(N)cc2)cc1. The van der Waals surface area contributed by atoms with Gasteiger partial charge in [-0.2, -0.15) is 0 Å². The maximum atomic E-state index is 5.66. The Kier molecular flexibility index (Phi) is 4.53. The minimum Gasteiger partial charge on any atom is -0.399 e. The molecule has 0 aliphatic rings. The summed E-state index contributed by atoms with van der Waals surface area (Å²) in [5.41, 5.74) is 14.3. The van der Waals surface area contributed by atoms with Crippen LogP contribution in [0.5, 0.6) is 0 Å². The molecule has 0 atom stereocenters. The molecule has 0 spiro atoms. The molecule has 0 unspecified atom stereocenters. The fourth-order valence-corrected chi connectivity index (χ4v) is 2.57. The van der Waals surface area contributed by atoms with E-state index in [0.717, 1.165) is 23.5 Å². The van der Waals surface area contributed by atoms with Crippen molar-refractivity contribution in [2.45, 2.75) is 17.7 Å². The van der Waals surface area contributed by atoms with Crippen molar-refractivity contribution >= 4 is 23.1 Å². The maximum Gasteiger partial charge on any atom is 0.0314 e. The number of rotatable bonds is 5. The molecule has 0 bridgehead atoms. The van der Waals surface area contributed by atoms with Gasteiger partial charge in [0.25, 0.3) is 0 Å². The summed E-state index contributed by atoms with van der Waals surface area (Å²) in [6.07, 6.45) is 2.27. The summed E-state index contributed by atoms with van der Waals surface area (Å²) < 4.78 is 0. The molecular formula is C15H18N2S. The predicted octanol–water partition coefficient (Wildman–Crippen LogP) is 3.58. The normalized spacial score (nSPS) is 10.4. The van der Waals surface area contributed by atoms with E-state index in [0.29, 0.717) is 0 Å². The van der Waals surface area contributed by atoms with Crippen LogP contribution in [0, 0.1) is 0 Å². The van der Waals surface area contributed by atoms with Crippen LogP contribution >= 0.6 is 11.8 Å². The molecule has 2 nitrogen and oxygen atoms in total. The third-order valence-electron chi connectivity index (χ3n) is 2.74. The molecule has 18 heavy (non-hydrogen) atoms. The monoisotopic (exact) mass is 258 g/mol. The number of aryl methyl sites for hydroxylation is 1. The molecule has 4 N–H and O–H groups in total. The minimum atomic E-state index is 0.821. The Morgan fingerprint density at radius 3 is 1.94 bits per heavy atom. The van der Waals surface area contributed by atoms with E-state index in [-0.39, 0.29) is 0 Å². The van der Waals surface area contributed by atoms with Crippen LogP contribution in [0.4, 0.5) is 11.4 Å². The van der Waals surface area contributed by atoms with Crippen LogP contribution in [0.3, 0.4) is 0 Å². The molecule has 2 aromatic rings. The second-order valence-corrected chi connectivity index (χ2v) is 5.43. The Morgan fingerprint density at radius 2 is 1.33 bits per heavy atom. The van der Waals surface area contributed by atoms with Crippen LogP contribution < -0.4 is 11.5 Å². The van der Waals surface area contributed by atoms with Crippen molar-refractivity contribution in [3.05, 3.63) is 54.1 Å². The first kappa shape index (κ1) is 12.8. The fourth-order valence-electron chi connectivity index (χ4n) is 1.71. The number of hydrogen-bond donors (Lipinski definition) is 2. The van der Waals surface area contributed by atoms with E-state index in [2.05, 4.69) is 24.3 Å². The zero-order valence-corrected chi connectivity index (χ0v) is 11.1. The largest absolute Gasteiger partial charge is 0.399 e. The van der Waals surface area contributed by atoms with Gasteiger partial charge in [-0.05, 0) is 60.6 Å². The molecule has 3 heteroatoms. The molecule has 0 heterocycles. The molecular weight excluding hydrogens is 240 g/mol. The Bertz CT molecular complexity index is 429. The quantitative estimate of drug-likeness (QED) is 0.489. The van der Waals surface area contributed by atoms with Gasteiger partial charge in [0.15, 0.2) is 0 Å². The van der Waals surface area contributed by atoms with Crippen molar-refractivity contribution in [2.75, 3.05) is 17.2 Å². The second-order valence-electron chi connectivity index (χ2n) is 4.26. The van der Waals surface area contributed by atoms with E-state index in [1.807, 2.05) is 36.0 Å². The molecule has 94 valence electrons. The molecule has 0 aliphatic carbocycles. The van der Waals surface area contributed by atoms with Gasteiger partial charge in [0.05, 0.1) is 0 Å². The topological polar surface area (TPSA) is 52.0 Å². The van der Waals surface area contributed by atoms with Gasteiger partial charge in [-0.15, -0.1) is 11.8 Å². The number of nitrogen functional groups attached to an aromatic ring is 2. The lowest BCUT2D eigenvalue weighted by atomic mass is 10.1. The van der Waals surface area contributed by atoms with Crippen LogP contribution in [0.25, 0.3) is 0 Å². The van der Waals surface area contributed by atoms with Gasteiger partial charge in [-0.25, -0.2) is 0 Å². The first-order valence-corrected chi connectivity index (χ1v) is 7.05. The van der Waals surface area contributed by atoms with Crippen LogP contribution in [0.2, 0.25) is 0 Å². The molecule has 2 aromatic carbocycles. The van der Waals surface area contributed by atoms with E-state index >= 15 is 0 Å². The van der Waals surface area contributed by atoms with Gasteiger partial charge in [0.1, 0.15) is 0 Å². The van der Waals surface area contributed by atoms with Crippen molar-refractivity contribution in [2.24, 2.45) is 0 Å². The summed E-state index contributed by atoms with van der Waals surface area (Å²) in [4.78, 5) is 1.28. The Hall–Kier alpha value is -1.61. The molecule has 0 saturated heterocycles. The lowest BCUT2D eigenvalue weighted by Gasteiger charge is -2.03. The standard InChI is InChI=1S/C15H18N2S/c16-13-5-3-12(4-6-13)2-1-11-18-15-9-7-14(17)8-10-15/h3-10H,1-2,11,16-17H2. The van der Waals surface area contributed by atoms with E-state index in [1.54, 1.807) is 0 Å². The zero-order chi connectivity index (χ0) is 12.8. The predicted molar refractivity (Wildman–Crippen MR) is 80.8 cm³/mol. The molecule has 0 aliphatic heterocycles. The van der Waals surface area contributed by atoms with Crippen molar-refractivity contribution in [1.82, 2.24) is 0 Å². The number of thioether (sulfide) groups is 1. The summed E-state index contributed by atoms with van der Waals surface area (Å²) in [6.45, 7) is 0. The molecule has 0 aromatic heterocycles. The highest BCUT2D eigenvalue weighted by molar-refractivity contribution is 7.99. The van der Waals surface area contributed by atoms with Crippen molar-refractivity contribution in [3.63, 3.8) is 0 Å². The Balaban J connectivity index is 1.73. The lowest BCUT2D eigenvalue weighted by molar-refractivity contribution is 0.933. The van der Waals surface area contributed by atoms with Crippen LogP contribution in [0.15, 0.2) is 53.4 Å². The maximum absolute atomic E-state index is 5.66. The number of anilines is 2. The van der Waals surface area contributed by atoms with Gasteiger partial charge in [0, 0.05) is 16.3 Å². The number of benzene rings is 2. The number of nitrogens with two attached hydrogens (primary N) is 2. The highest BCUT2D eigenvalue weighted by Crippen LogP contribution is 2.20. The average Bonchev–Trinajstić information content (AvgIpc) is 2.39. The summed E-state index contributed by atoms with van der Waals surface area (Å²) in [5, 5.41) is 0. The van der Waals surface area contributed by atoms with Gasteiger partial charge in [0.2, 0.25) is 0 Å². The fraction of sp³-hybridized carbons (Fsp3) is 0.200. The third kappa shape index (κ3) is 4.00. The summed E-state index contributed by atoms with van der Waals surface area (Å²) >= 11 is 1.87. The first-order chi connectivity index (χ1) is 8.74. The molecule has 0 amide bonds. The minimum absolute atomic E-state index is 0.821. The zero-order valence-electron chi connectivity index (χ0n) is 10.3. The summed E-state index contributed by atoms with van der Waals surface area (Å²) in [5.74, 6) is 1.12. The lowest BCUT2D eigenvalue weighted by Crippen LogP contribution is -1.90. The summed E-state index contributed by atoms with van der Waals surface area (Å²) in [7, 11) is 0. The van der Waals surface area contributed by atoms with Crippen molar-refractivity contribution in [3.8, 4) is 0 Å². The Morgan fingerprint density at radius 1 is 0.778 bits per heavy atom. The molecule has 0 radical (unpaired) electrons. The van der Waals surface area contributed by atoms with Crippen molar-refractivity contribution in [1.29, 1.82) is 0 Å². The van der Waals surface area contributed by atoms with Gasteiger partial charge in [-0.3, -0.25) is 0 Å². The highest BCUT2D eigenvalue weighted by atomic mass is 32.2. The van der Waals surface area contributed by atoms with Crippen molar-refractivity contribution < 1.29 is 0 Å². The average molecular weight is 258 g/mol. The highest BCUT2D eigenvalue weighted by Gasteiger charge is 1.96. The van der Waals surface area contributed by atoms with Crippen LogP contribution in [0.1, 0.15) is 12.0 Å². The van der Waals surface area contributed by atoms with E-state index in [1.165, 1.54) is 16.9 Å². The van der Waals surface area contributed by atoms with Crippen LogP contribution in [-0.2, 0) is 6.42 Å². The Labute approximate surface area is 112 Å². The molecule has 0 fully saturated rings. The second kappa shape index (κ2) is 6.36. The smallest absolute Gasteiger partial charge is 0.0314 e.